The maximum absolute atomic E-state index is 12.7. The Bertz CT molecular complexity index is 520. The van der Waals surface area contributed by atoms with Gasteiger partial charge in [-0.15, -0.1) is 0 Å². The second-order valence-corrected chi connectivity index (χ2v) is 6.20. The maximum atomic E-state index is 12.7. The molecule has 1 unspecified atom stereocenters. The zero-order valence-electron chi connectivity index (χ0n) is 12.9. The Balaban J connectivity index is 1.74. The number of nitrogens with zero attached hydrogens (tertiary/aromatic N) is 1. The third-order valence-corrected chi connectivity index (χ3v) is 4.57. The van der Waals surface area contributed by atoms with Gasteiger partial charge in [0.2, 0.25) is 5.91 Å². The number of hydrogen-bond acceptors (Lipinski definition) is 3. The molecule has 21 heavy (non-hydrogen) atoms. The number of benzene rings is 1. The summed E-state index contributed by atoms with van der Waals surface area (Å²) in [5, 5.41) is 3.12. The summed E-state index contributed by atoms with van der Waals surface area (Å²) < 4.78 is 5.25. The summed E-state index contributed by atoms with van der Waals surface area (Å²) in [6.45, 7) is 4.13. The highest BCUT2D eigenvalue weighted by Gasteiger charge is 2.40. The average molecular weight is 288 g/mol. The van der Waals surface area contributed by atoms with Gasteiger partial charge in [0.05, 0.1) is 13.2 Å². The topological polar surface area (TPSA) is 41.6 Å². The van der Waals surface area contributed by atoms with Crippen molar-refractivity contribution in [3.05, 3.63) is 23.8 Å². The highest BCUT2D eigenvalue weighted by molar-refractivity contribution is 5.96. The lowest BCUT2D eigenvalue weighted by atomic mass is 10.1. The zero-order chi connectivity index (χ0) is 14.8. The van der Waals surface area contributed by atoms with E-state index in [9.17, 15) is 4.79 Å². The summed E-state index contributed by atoms with van der Waals surface area (Å²) >= 11 is 0. The van der Waals surface area contributed by atoms with Gasteiger partial charge in [0.1, 0.15) is 5.75 Å². The van der Waals surface area contributed by atoms with Crippen molar-refractivity contribution >= 4 is 11.6 Å². The average Bonchev–Trinajstić information content (AvgIpc) is 3.16. The van der Waals surface area contributed by atoms with Crippen LogP contribution in [-0.4, -0.2) is 37.0 Å². The second kappa shape index (κ2) is 6.06. The Morgan fingerprint density at radius 1 is 1.33 bits per heavy atom. The number of ether oxygens (including phenoxy) is 1. The Morgan fingerprint density at radius 3 is 2.67 bits per heavy atom. The number of hydrogen-bond donors (Lipinski definition) is 1. The molecule has 1 aliphatic heterocycles. The van der Waals surface area contributed by atoms with E-state index in [0.29, 0.717) is 5.92 Å². The number of likely N-dealkylation sites (tertiary alicyclic amines) is 1. The standard InChI is InChI=1S/C17H24N2O2/c1-12-5-8-14(21-2)11-15(12)18-17(20)16(13-6-7-13)19-9-3-4-10-19/h5,8,11,13,16H,3-4,6-7,9-10H2,1-2H3,(H,18,20). The van der Waals surface area contributed by atoms with E-state index in [-0.39, 0.29) is 11.9 Å². The highest BCUT2D eigenvalue weighted by atomic mass is 16.5. The van der Waals surface area contributed by atoms with Crippen LogP contribution in [0.15, 0.2) is 18.2 Å². The SMILES string of the molecule is COc1ccc(C)c(NC(=O)C(C2CC2)N2CCCC2)c1. The first-order valence-electron chi connectivity index (χ1n) is 7.88. The van der Waals surface area contributed by atoms with Crippen molar-refractivity contribution in [2.45, 2.75) is 38.6 Å². The summed E-state index contributed by atoms with van der Waals surface area (Å²) in [5.74, 6) is 1.48. The minimum absolute atomic E-state index is 0.0538. The van der Waals surface area contributed by atoms with Gasteiger partial charge in [0.25, 0.3) is 0 Å². The van der Waals surface area contributed by atoms with Crippen molar-refractivity contribution in [3.63, 3.8) is 0 Å². The molecule has 1 aliphatic carbocycles. The number of anilines is 1. The smallest absolute Gasteiger partial charge is 0.242 e. The molecule has 1 heterocycles. The summed E-state index contributed by atoms with van der Waals surface area (Å²) in [6.07, 6.45) is 4.81. The molecule has 1 aromatic carbocycles. The summed E-state index contributed by atoms with van der Waals surface area (Å²) in [7, 11) is 1.65. The van der Waals surface area contributed by atoms with Crippen LogP contribution in [0.3, 0.4) is 0 Å². The van der Waals surface area contributed by atoms with Crippen molar-refractivity contribution in [1.82, 2.24) is 4.90 Å². The van der Waals surface area contributed by atoms with Gasteiger partial charge in [0, 0.05) is 11.8 Å². The molecular weight excluding hydrogens is 264 g/mol. The van der Waals surface area contributed by atoms with Crippen LogP contribution in [0.5, 0.6) is 5.75 Å². The third kappa shape index (κ3) is 3.21. The molecule has 4 nitrogen and oxygen atoms in total. The van der Waals surface area contributed by atoms with Gasteiger partial charge in [-0.25, -0.2) is 0 Å². The van der Waals surface area contributed by atoms with E-state index in [1.807, 2.05) is 25.1 Å². The zero-order valence-corrected chi connectivity index (χ0v) is 12.9. The molecule has 0 spiro atoms. The lowest BCUT2D eigenvalue weighted by Gasteiger charge is -2.26. The van der Waals surface area contributed by atoms with Gasteiger partial charge in [0.15, 0.2) is 0 Å². The summed E-state index contributed by atoms with van der Waals surface area (Å²) in [5.41, 5.74) is 1.93. The van der Waals surface area contributed by atoms with Crippen LogP contribution >= 0.6 is 0 Å². The van der Waals surface area contributed by atoms with Crippen LogP contribution in [0.2, 0.25) is 0 Å². The van der Waals surface area contributed by atoms with Crippen molar-refractivity contribution in [2.24, 2.45) is 5.92 Å². The molecule has 0 bridgehead atoms. The predicted octanol–water partition coefficient (Wildman–Crippen LogP) is 2.82. The van der Waals surface area contributed by atoms with Crippen molar-refractivity contribution in [3.8, 4) is 5.75 Å². The van der Waals surface area contributed by atoms with Gasteiger partial charge < -0.3 is 10.1 Å². The molecule has 4 heteroatoms. The minimum Gasteiger partial charge on any atom is -0.497 e. The van der Waals surface area contributed by atoms with E-state index < -0.39 is 0 Å². The van der Waals surface area contributed by atoms with E-state index in [1.54, 1.807) is 7.11 Å². The summed E-state index contributed by atoms with van der Waals surface area (Å²) in [6, 6.07) is 5.86. The molecule has 1 atom stereocenters. The normalized spacial score (nSPS) is 20.3. The van der Waals surface area contributed by atoms with Crippen LogP contribution in [0.4, 0.5) is 5.69 Å². The van der Waals surface area contributed by atoms with E-state index in [4.69, 9.17) is 4.74 Å². The number of amides is 1. The number of carbonyl (C=O) groups is 1. The fraction of sp³-hybridized carbons (Fsp3) is 0.588. The lowest BCUT2D eigenvalue weighted by Crippen LogP contribution is -2.44. The molecule has 114 valence electrons. The van der Waals surface area contributed by atoms with Crippen LogP contribution in [0.1, 0.15) is 31.2 Å². The monoisotopic (exact) mass is 288 g/mol. The van der Waals surface area contributed by atoms with Crippen LogP contribution < -0.4 is 10.1 Å². The Kier molecular flexibility index (Phi) is 4.15. The predicted molar refractivity (Wildman–Crippen MR) is 83.7 cm³/mol. The molecule has 2 fully saturated rings. The van der Waals surface area contributed by atoms with Crippen LogP contribution in [0, 0.1) is 12.8 Å². The van der Waals surface area contributed by atoms with Crippen LogP contribution in [0.25, 0.3) is 0 Å². The fourth-order valence-electron chi connectivity index (χ4n) is 3.18. The van der Waals surface area contributed by atoms with Gasteiger partial charge >= 0.3 is 0 Å². The molecule has 1 saturated heterocycles. The first-order chi connectivity index (χ1) is 10.2. The third-order valence-electron chi connectivity index (χ3n) is 4.57. The first-order valence-corrected chi connectivity index (χ1v) is 7.88. The van der Waals surface area contributed by atoms with Crippen molar-refractivity contribution < 1.29 is 9.53 Å². The number of carbonyl (C=O) groups excluding carboxylic acids is 1. The number of nitrogens with one attached hydrogen (secondary N) is 1. The lowest BCUT2D eigenvalue weighted by molar-refractivity contribution is -0.121. The molecule has 0 aromatic heterocycles. The maximum Gasteiger partial charge on any atom is 0.242 e. The van der Waals surface area contributed by atoms with E-state index in [2.05, 4.69) is 10.2 Å². The molecule has 2 aliphatic rings. The van der Waals surface area contributed by atoms with E-state index in [0.717, 1.165) is 30.1 Å². The number of methoxy groups -OCH3 is 1. The van der Waals surface area contributed by atoms with Crippen LogP contribution in [-0.2, 0) is 4.79 Å². The molecular formula is C17H24N2O2. The largest absolute Gasteiger partial charge is 0.497 e. The molecule has 1 aromatic rings. The molecule has 0 radical (unpaired) electrons. The highest BCUT2D eigenvalue weighted by Crippen LogP contribution is 2.37. The first kappa shape index (κ1) is 14.4. The molecule has 3 rings (SSSR count). The second-order valence-electron chi connectivity index (χ2n) is 6.20. The van der Waals surface area contributed by atoms with Gasteiger partial charge in [-0.2, -0.15) is 0 Å². The molecule has 1 N–H and O–H groups in total. The van der Waals surface area contributed by atoms with Crippen molar-refractivity contribution in [1.29, 1.82) is 0 Å². The Hall–Kier alpha value is -1.55. The molecule has 1 saturated carbocycles. The molecule has 1 amide bonds. The fourth-order valence-corrected chi connectivity index (χ4v) is 3.18. The minimum atomic E-state index is 0.0538. The number of aryl methyl sites for hydroxylation is 1. The van der Waals surface area contributed by atoms with E-state index in [1.165, 1.54) is 25.7 Å². The Labute approximate surface area is 126 Å². The van der Waals surface area contributed by atoms with Gasteiger partial charge in [-0.05, 0) is 63.2 Å². The van der Waals surface area contributed by atoms with Gasteiger partial charge in [-0.1, -0.05) is 6.07 Å². The quantitative estimate of drug-likeness (QED) is 0.906. The Morgan fingerprint density at radius 2 is 2.05 bits per heavy atom. The van der Waals surface area contributed by atoms with Crippen molar-refractivity contribution in [2.75, 3.05) is 25.5 Å². The number of rotatable bonds is 5. The summed E-state index contributed by atoms with van der Waals surface area (Å²) in [4.78, 5) is 15.1. The van der Waals surface area contributed by atoms with E-state index >= 15 is 0 Å². The van der Waals surface area contributed by atoms with Gasteiger partial charge in [-0.3, -0.25) is 9.69 Å².